The highest BCUT2D eigenvalue weighted by atomic mass is 19.4. The van der Waals surface area contributed by atoms with Gasteiger partial charge >= 0.3 is 6.18 Å². The van der Waals surface area contributed by atoms with Crippen LogP contribution < -0.4 is 0 Å². The van der Waals surface area contributed by atoms with Gasteiger partial charge in [-0.2, -0.15) is 13.2 Å². The van der Waals surface area contributed by atoms with Gasteiger partial charge in [-0.25, -0.2) is 4.39 Å². The maximum atomic E-state index is 13.3. The van der Waals surface area contributed by atoms with E-state index in [0.29, 0.717) is 0 Å². The lowest BCUT2D eigenvalue weighted by atomic mass is 10.1. The van der Waals surface area contributed by atoms with Gasteiger partial charge in [0.15, 0.2) is 0 Å². The molecular formula is C10H8F4. The maximum absolute atomic E-state index is 13.3. The minimum atomic E-state index is -4.59. The molecule has 1 aromatic rings. The molecule has 1 fully saturated rings. The van der Waals surface area contributed by atoms with E-state index in [1.165, 1.54) is 12.1 Å². The number of benzene rings is 1. The SMILES string of the molecule is Fc1c(C2CC2)cccc1C(F)(F)F. The molecule has 0 saturated heterocycles. The van der Waals surface area contributed by atoms with Crippen molar-refractivity contribution in [3.8, 4) is 0 Å². The minimum absolute atomic E-state index is 0.00250. The molecule has 0 aromatic heterocycles. The summed E-state index contributed by atoms with van der Waals surface area (Å²) in [5, 5.41) is 0. The summed E-state index contributed by atoms with van der Waals surface area (Å²) in [5.41, 5.74) is -0.943. The Morgan fingerprint density at radius 1 is 1.14 bits per heavy atom. The number of halogens is 4. The summed E-state index contributed by atoms with van der Waals surface area (Å²) in [6.45, 7) is 0. The monoisotopic (exact) mass is 204 g/mol. The van der Waals surface area contributed by atoms with E-state index in [0.717, 1.165) is 18.9 Å². The van der Waals surface area contributed by atoms with Gasteiger partial charge in [-0.15, -0.1) is 0 Å². The third-order valence-electron chi connectivity index (χ3n) is 2.35. The molecule has 0 radical (unpaired) electrons. The molecule has 0 aliphatic heterocycles. The van der Waals surface area contributed by atoms with Crippen molar-refractivity contribution >= 4 is 0 Å². The molecule has 76 valence electrons. The van der Waals surface area contributed by atoms with E-state index in [-0.39, 0.29) is 11.5 Å². The fourth-order valence-electron chi connectivity index (χ4n) is 1.48. The van der Waals surface area contributed by atoms with Crippen molar-refractivity contribution in [3.05, 3.63) is 35.1 Å². The smallest absolute Gasteiger partial charge is 0.206 e. The van der Waals surface area contributed by atoms with Crippen molar-refractivity contribution in [2.75, 3.05) is 0 Å². The molecule has 1 saturated carbocycles. The van der Waals surface area contributed by atoms with Gasteiger partial charge in [-0.3, -0.25) is 0 Å². The zero-order chi connectivity index (χ0) is 10.3. The molecule has 0 N–H and O–H groups in total. The minimum Gasteiger partial charge on any atom is -0.206 e. The lowest BCUT2D eigenvalue weighted by Gasteiger charge is -2.10. The van der Waals surface area contributed by atoms with E-state index in [1.807, 2.05) is 0 Å². The van der Waals surface area contributed by atoms with Gasteiger partial charge in [0.25, 0.3) is 0 Å². The van der Waals surface area contributed by atoms with Crippen LogP contribution in [0.25, 0.3) is 0 Å². The molecule has 0 spiro atoms. The van der Waals surface area contributed by atoms with E-state index >= 15 is 0 Å². The summed E-state index contributed by atoms with van der Waals surface area (Å²) < 4.78 is 50.2. The van der Waals surface area contributed by atoms with Crippen LogP contribution in [0.5, 0.6) is 0 Å². The van der Waals surface area contributed by atoms with Gasteiger partial charge in [0, 0.05) is 0 Å². The van der Waals surface area contributed by atoms with Crippen LogP contribution in [-0.2, 0) is 6.18 Å². The van der Waals surface area contributed by atoms with Gasteiger partial charge in [0.1, 0.15) is 5.82 Å². The van der Waals surface area contributed by atoms with Crippen LogP contribution in [0.15, 0.2) is 18.2 Å². The average molecular weight is 204 g/mol. The Balaban J connectivity index is 2.46. The predicted octanol–water partition coefficient (Wildman–Crippen LogP) is 3.72. The van der Waals surface area contributed by atoms with Crippen molar-refractivity contribution in [1.82, 2.24) is 0 Å². The van der Waals surface area contributed by atoms with Crippen molar-refractivity contribution in [1.29, 1.82) is 0 Å². The molecule has 4 heteroatoms. The fourth-order valence-corrected chi connectivity index (χ4v) is 1.48. The second-order valence-electron chi connectivity index (χ2n) is 3.48. The molecule has 0 bridgehead atoms. The predicted molar refractivity (Wildman–Crippen MR) is 43.4 cm³/mol. The van der Waals surface area contributed by atoms with Crippen molar-refractivity contribution in [2.45, 2.75) is 24.9 Å². The number of hydrogen-bond donors (Lipinski definition) is 0. The van der Waals surface area contributed by atoms with Crippen molar-refractivity contribution in [3.63, 3.8) is 0 Å². The first-order chi connectivity index (χ1) is 6.50. The van der Waals surface area contributed by atoms with Crippen LogP contribution in [0.2, 0.25) is 0 Å². The van der Waals surface area contributed by atoms with Gasteiger partial charge in [0.05, 0.1) is 5.56 Å². The van der Waals surface area contributed by atoms with Crippen molar-refractivity contribution < 1.29 is 17.6 Å². The fraction of sp³-hybridized carbons (Fsp3) is 0.400. The van der Waals surface area contributed by atoms with Crippen LogP contribution in [0.1, 0.15) is 29.9 Å². The molecule has 0 nitrogen and oxygen atoms in total. The molecule has 0 amide bonds. The van der Waals surface area contributed by atoms with E-state index < -0.39 is 17.6 Å². The van der Waals surface area contributed by atoms with Gasteiger partial charge in [-0.1, -0.05) is 12.1 Å². The molecule has 1 aliphatic carbocycles. The lowest BCUT2D eigenvalue weighted by molar-refractivity contribution is -0.140. The van der Waals surface area contributed by atoms with Gasteiger partial charge in [-0.05, 0) is 30.4 Å². The van der Waals surface area contributed by atoms with E-state index in [4.69, 9.17) is 0 Å². The Bertz CT molecular complexity index is 350. The number of hydrogen-bond acceptors (Lipinski definition) is 0. The Morgan fingerprint density at radius 2 is 1.79 bits per heavy atom. The van der Waals surface area contributed by atoms with Crippen LogP contribution in [-0.4, -0.2) is 0 Å². The standard InChI is InChI=1S/C10H8F4/c11-9-7(6-4-5-6)2-1-3-8(9)10(12,13)14/h1-3,6H,4-5H2. The highest BCUT2D eigenvalue weighted by molar-refractivity contribution is 5.32. The first-order valence-electron chi connectivity index (χ1n) is 4.36. The topological polar surface area (TPSA) is 0 Å². The summed E-state index contributed by atoms with van der Waals surface area (Å²) in [6.07, 6.45) is -3.01. The lowest BCUT2D eigenvalue weighted by Crippen LogP contribution is -2.09. The van der Waals surface area contributed by atoms with E-state index in [9.17, 15) is 17.6 Å². The molecule has 0 atom stereocenters. The second kappa shape index (κ2) is 2.97. The Morgan fingerprint density at radius 3 is 2.29 bits per heavy atom. The third kappa shape index (κ3) is 1.61. The normalized spacial score (nSPS) is 17.1. The van der Waals surface area contributed by atoms with Crippen LogP contribution >= 0.6 is 0 Å². The van der Waals surface area contributed by atoms with Gasteiger partial charge < -0.3 is 0 Å². The molecule has 0 unspecified atom stereocenters. The summed E-state index contributed by atoms with van der Waals surface area (Å²) in [7, 11) is 0. The maximum Gasteiger partial charge on any atom is 0.419 e. The summed E-state index contributed by atoms with van der Waals surface area (Å²) in [4.78, 5) is 0. The van der Waals surface area contributed by atoms with Gasteiger partial charge in [0.2, 0.25) is 0 Å². The first kappa shape index (κ1) is 9.49. The quantitative estimate of drug-likeness (QED) is 0.611. The van der Waals surface area contributed by atoms with Crippen LogP contribution in [0, 0.1) is 5.82 Å². The average Bonchev–Trinajstić information content (AvgIpc) is 2.85. The summed E-state index contributed by atoms with van der Waals surface area (Å²) in [6, 6.07) is 3.48. The molecule has 0 heterocycles. The Hall–Kier alpha value is -1.06. The third-order valence-corrected chi connectivity index (χ3v) is 2.35. The zero-order valence-corrected chi connectivity index (χ0v) is 7.24. The van der Waals surface area contributed by atoms with Crippen LogP contribution in [0.3, 0.4) is 0 Å². The highest BCUT2D eigenvalue weighted by Gasteiger charge is 2.37. The van der Waals surface area contributed by atoms with Crippen molar-refractivity contribution in [2.24, 2.45) is 0 Å². The largest absolute Gasteiger partial charge is 0.419 e. The zero-order valence-electron chi connectivity index (χ0n) is 7.24. The van der Waals surface area contributed by atoms with E-state index in [1.54, 1.807) is 0 Å². The van der Waals surface area contributed by atoms with Crippen LogP contribution in [0.4, 0.5) is 17.6 Å². The molecule has 1 aliphatic rings. The second-order valence-corrected chi connectivity index (χ2v) is 3.48. The first-order valence-corrected chi connectivity index (χ1v) is 4.36. The summed E-state index contributed by atoms with van der Waals surface area (Å²) >= 11 is 0. The summed E-state index contributed by atoms with van der Waals surface area (Å²) in [5.74, 6) is -1.10. The van der Waals surface area contributed by atoms with E-state index in [2.05, 4.69) is 0 Å². The molecule has 1 aromatic carbocycles. The number of rotatable bonds is 1. The Kier molecular flexibility index (Phi) is 2.01. The molecular weight excluding hydrogens is 196 g/mol. The molecule has 14 heavy (non-hydrogen) atoms. The Labute approximate surface area is 78.5 Å². The highest BCUT2D eigenvalue weighted by Crippen LogP contribution is 2.43. The number of alkyl halides is 3. The molecule has 2 rings (SSSR count).